The van der Waals surface area contributed by atoms with Crippen LogP contribution in [0.15, 0.2) is 24.3 Å². The Labute approximate surface area is 128 Å². The molecule has 1 atom stereocenters. The summed E-state index contributed by atoms with van der Waals surface area (Å²) in [4.78, 5) is 12.2. The van der Waals surface area contributed by atoms with Crippen LogP contribution in [0.3, 0.4) is 0 Å². The van der Waals surface area contributed by atoms with E-state index in [0.717, 1.165) is 24.1 Å². The van der Waals surface area contributed by atoms with Crippen LogP contribution in [0.2, 0.25) is 0 Å². The molecule has 1 heterocycles. The third-order valence-electron chi connectivity index (χ3n) is 3.15. The summed E-state index contributed by atoms with van der Waals surface area (Å²) in [5, 5.41) is 15.1. The van der Waals surface area contributed by atoms with Gasteiger partial charge in [0.25, 0.3) is 5.91 Å². The Bertz CT molecular complexity index is 611. The van der Waals surface area contributed by atoms with Crippen LogP contribution in [-0.2, 0) is 0 Å². The topological polar surface area (TPSA) is 66.9 Å². The Balaban J connectivity index is 2.01. The van der Waals surface area contributed by atoms with Crippen molar-refractivity contribution in [1.29, 1.82) is 0 Å². The maximum absolute atomic E-state index is 12.2. The van der Waals surface area contributed by atoms with Gasteiger partial charge in [0, 0.05) is 6.54 Å². The zero-order valence-electron chi connectivity index (χ0n) is 12.5. The van der Waals surface area contributed by atoms with Crippen LogP contribution in [-0.4, -0.2) is 22.6 Å². The summed E-state index contributed by atoms with van der Waals surface area (Å²) in [7, 11) is 0. The molecular weight excluding hydrogens is 284 g/mol. The molecule has 5 nitrogen and oxygen atoms in total. The van der Waals surface area contributed by atoms with E-state index < -0.39 is 0 Å². The minimum atomic E-state index is -0.187. The van der Waals surface area contributed by atoms with E-state index in [9.17, 15) is 4.79 Å². The highest BCUT2D eigenvalue weighted by Gasteiger charge is 2.16. The average molecular weight is 304 g/mol. The van der Waals surface area contributed by atoms with Gasteiger partial charge >= 0.3 is 0 Å². The Morgan fingerprint density at radius 2 is 2.10 bits per heavy atom. The molecule has 0 radical (unpaired) electrons. The van der Waals surface area contributed by atoms with Crippen LogP contribution in [0.1, 0.15) is 47.2 Å². The first-order chi connectivity index (χ1) is 10.1. The van der Waals surface area contributed by atoms with Gasteiger partial charge in [-0.05, 0) is 31.4 Å². The quantitative estimate of drug-likeness (QED) is 0.860. The highest BCUT2D eigenvalue weighted by Crippen LogP contribution is 2.19. The van der Waals surface area contributed by atoms with Gasteiger partial charge in [0.05, 0.1) is 6.04 Å². The van der Waals surface area contributed by atoms with Crippen molar-refractivity contribution in [2.75, 3.05) is 11.9 Å². The highest BCUT2D eigenvalue weighted by atomic mass is 32.1. The van der Waals surface area contributed by atoms with Gasteiger partial charge in [-0.1, -0.05) is 42.5 Å². The zero-order valence-corrected chi connectivity index (χ0v) is 13.3. The van der Waals surface area contributed by atoms with Gasteiger partial charge in [-0.3, -0.25) is 4.79 Å². The van der Waals surface area contributed by atoms with Gasteiger partial charge in [0.2, 0.25) is 10.1 Å². The number of nitrogens with one attached hydrogen (secondary N) is 2. The van der Waals surface area contributed by atoms with E-state index >= 15 is 0 Å². The highest BCUT2D eigenvalue weighted by molar-refractivity contribution is 7.17. The molecule has 0 aliphatic heterocycles. The lowest BCUT2D eigenvalue weighted by atomic mass is 10.0. The van der Waals surface area contributed by atoms with E-state index in [1.54, 1.807) is 0 Å². The van der Waals surface area contributed by atoms with Crippen LogP contribution in [0, 0.1) is 6.92 Å². The minimum absolute atomic E-state index is 0.0605. The molecule has 21 heavy (non-hydrogen) atoms. The number of hydrogen-bond acceptors (Lipinski definition) is 5. The van der Waals surface area contributed by atoms with Crippen molar-refractivity contribution in [2.45, 2.75) is 33.2 Å². The van der Waals surface area contributed by atoms with Gasteiger partial charge in [-0.15, -0.1) is 10.2 Å². The summed E-state index contributed by atoms with van der Waals surface area (Å²) in [6.07, 6.45) is 1.01. The molecule has 1 unspecified atom stereocenters. The summed E-state index contributed by atoms with van der Waals surface area (Å²) in [5.74, 6) is -0.187. The second kappa shape index (κ2) is 7.17. The van der Waals surface area contributed by atoms with Gasteiger partial charge in [0.15, 0.2) is 0 Å². The van der Waals surface area contributed by atoms with Crippen molar-refractivity contribution < 1.29 is 4.79 Å². The number of amides is 1. The molecule has 2 aromatic rings. The molecule has 112 valence electrons. The normalized spacial score (nSPS) is 12.0. The number of nitrogens with zero attached hydrogens (tertiary/aromatic N) is 2. The van der Waals surface area contributed by atoms with Crippen molar-refractivity contribution >= 4 is 22.4 Å². The van der Waals surface area contributed by atoms with E-state index in [1.165, 1.54) is 11.3 Å². The summed E-state index contributed by atoms with van der Waals surface area (Å²) < 4.78 is 0. The van der Waals surface area contributed by atoms with Crippen LogP contribution >= 0.6 is 11.3 Å². The van der Waals surface area contributed by atoms with Crippen molar-refractivity contribution in [3.05, 3.63) is 40.4 Å². The first-order valence-electron chi connectivity index (χ1n) is 7.05. The smallest absolute Gasteiger partial charge is 0.282 e. The number of hydrogen-bond donors (Lipinski definition) is 2. The summed E-state index contributed by atoms with van der Waals surface area (Å²) >= 11 is 1.28. The third-order valence-corrected chi connectivity index (χ3v) is 4.03. The number of carbonyl (C=O) groups is 1. The molecule has 0 fully saturated rings. The van der Waals surface area contributed by atoms with E-state index in [1.807, 2.05) is 38.1 Å². The molecule has 0 saturated heterocycles. The molecule has 1 aromatic heterocycles. The summed E-state index contributed by atoms with van der Waals surface area (Å²) in [6.45, 7) is 6.91. The number of rotatable bonds is 6. The number of benzene rings is 1. The first kappa shape index (κ1) is 15.4. The van der Waals surface area contributed by atoms with E-state index in [4.69, 9.17) is 0 Å². The molecule has 1 amide bonds. The molecule has 6 heteroatoms. The van der Waals surface area contributed by atoms with Gasteiger partial charge < -0.3 is 10.6 Å². The lowest BCUT2D eigenvalue weighted by Gasteiger charge is -2.15. The summed E-state index contributed by atoms with van der Waals surface area (Å²) in [6, 6.07) is 7.96. The predicted molar refractivity (Wildman–Crippen MR) is 85.7 cm³/mol. The molecule has 2 N–H and O–H groups in total. The molecule has 1 aromatic carbocycles. The molecule has 0 aliphatic carbocycles. The van der Waals surface area contributed by atoms with Crippen LogP contribution in [0.4, 0.5) is 5.13 Å². The van der Waals surface area contributed by atoms with Crippen LogP contribution < -0.4 is 10.6 Å². The van der Waals surface area contributed by atoms with Crippen LogP contribution in [0.25, 0.3) is 0 Å². The number of aromatic nitrogens is 2. The lowest BCUT2D eigenvalue weighted by Crippen LogP contribution is -2.27. The fourth-order valence-corrected chi connectivity index (χ4v) is 2.70. The first-order valence-corrected chi connectivity index (χ1v) is 7.87. The van der Waals surface area contributed by atoms with Gasteiger partial charge in [-0.2, -0.15) is 0 Å². The molecule has 0 aliphatic rings. The van der Waals surface area contributed by atoms with Crippen molar-refractivity contribution in [3.63, 3.8) is 0 Å². The fourth-order valence-electron chi connectivity index (χ4n) is 2.03. The molecule has 2 rings (SSSR count). The maximum atomic E-state index is 12.2. The maximum Gasteiger partial charge on any atom is 0.282 e. The minimum Gasteiger partial charge on any atom is -0.360 e. The predicted octanol–water partition coefficient (Wildman–Crippen LogP) is 3.16. The third kappa shape index (κ3) is 4.01. The Morgan fingerprint density at radius 1 is 1.33 bits per heavy atom. The van der Waals surface area contributed by atoms with E-state index in [-0.39, 0.29) is 11.9 Å². The zero-order chi connectivity index (χ0) is 15.2. The summed E-state index contributed by atoms with van der Waals surface area (Å²) in [5.41, 5.74) is 2.27. The Kier molecular flexibility index (Phi) is 5.27. The SMILES string of the molecule is CCCNc1nnc(C(=O)NC(C)c2ccccc2C)s1. The van der Waals surface area contributed by atoms with Crippen molar-refractivity contribution in [3.8, 4) is 0 Å². The molecule has 0 spiro atoms. The molecule has 0 bridgehead atoms. The van der Waals surface area contributed by atoms with E-state index in [2.05, 4.69) is 27.8 Å². The number of carbonyl (C=O) groups excluding carboxylic acids is 1. The Hall–Kier alpha value is -1.95. The lowest BCUT2D eigenvalue weighted by molar-refractivity contribution is 0.0938. The Morgan fingerprint density at radius 3 is 2.81 bits per heavy atom. The molecular formula is C15H20N4OS. The fraction of sp³-hybridized carbons (Fsp3) is 0.400. The number of anilines is 1. The van der Waals surface area contributed by atoms with E-state index in [0.29, 0.717) is 10.1 Å². The second-order valence-corrected chi connectivity index (χ2v) is 5.87. The molecule has 0 saturated carbocycles. The second-order valence-electron chi connectivity index (χ2n) is 4.89. The monoisotopic (exact) mass is 304 g/mol. The van der Waals surface area contributed by atoms with Crippen molar-refractivity contribution in [1.82, 2.24) is 15.5 Å². The van der Waals surface area contributed by atoms with Crippen LogP contribution in [0.5, 0.6) is 0 Å². The largest absolute Gasteiger partial charge is 0.360 e. The van der Waals surface area contributed by atoms with Crippen molar-refractivity contribution in [2.24, 2.45) is 0 Å². The van der Waals surface area contributed by atoms with Gasteiger partial charge in [-0.25, -0.2) is 0 Å². The average Bonchev–Trinajstić information content (AvgIpc) is 2.94. The standard InChI is InChI=1S/C15H20N4OS/c1-4-9-16-15-19-18-14(21-15)13(20)17-11(3)12-8-6-5-7-10(12)2/h5-8,11H,4,9H2,1-3H3,(H,16,19)(H,17,20). The van der Waals surface area contributed by atoms with Gasteiger partial charge in [0.1, 0.15) is 0 Å². The number of aryl methyl sites for hydroxylation is 1.